The van der Waals surface area contributed by atoms with E-state index in [1.807, 2.05) is 61.5 Å². The molecule has 0 fully saturated rings. The van der Waals surface area contributed by atoms with Gasteiger partial charge in [-0.2, -0.15) is 0 Å². The summed E-state index contributed by atoms with van der Waals surface area (Å²) in [6.45, 7) is 4.04. The molecule has 0 aliphatic heterocycles. The van der Waals surface area contributed by atoms with Crippen LogP contribution in [0, 0.1) is 0 Å². The average molecular weight is 431 g/mol. The highest BCUT2D eigenvalue weighted by Crippen LogP contribution is 2.38. The van der Waals surface area contributed by atoms with Crippen LogP contribution in [0.15, 0.2) is 67.4 Å². The lowest BCUT2D eigenvalue weighted by molar-refractivity contribution is 0.102. The number of amides is 1. The third-order valence-corrected chi connectivity index (χ3v) is 5.91. The van der Waals surface area contributed by atoms with Crippen molar-refractivity contribution < 1.29 is 9.53 Å². The minimum Gasteiger partial charge on any atom is -0.479 e. The van der Waals surface area contributed by atoms with Crippen LogP contribution in [0.25, 0.3) is 27.0 Å². The van der Waals surface area contributed by atoms with Gasteiger partial charge in [-0.05, 0) is 23.3 Å². The van der Waals surface area contributed by atoms with Crippen molar-refractivity contribution in [2.75, 3.05) is 26.5 Å². The van der Waals surface area contributed by atoms with Gasteiger partial charge < -0.3 is 9.64 Å². The van der Waals surface area contributed by atoms with Crippen molar-refractivity contribution in [2.45, 2.75) is 0 Å². The van der Waals surface area contributed by atoms with Crippen LogP contribution in [-0.2, 0) is 0 Å². The maximum Gasteiger partial charge on any atom is 0.257 e. The monoisotopic (exact) mass is 430 g/mol. The Labute approximate surface area is 184 Å². The molecule has 1 N–H and O–H groups in total. The van der Waals surface area contributed by atoms with E-state index < -0.39 is 0 Å². The summed E-state index contributed by atoms with van der Waals surface area (Å²) in [7, 11) is 5.43. The van der Waals surface area contributed by atoms with E-state index in [-0.39, 0.29) is 5.91 Å². The molecule has 4 aromatic rings. The Kier molecular flexibility index (Phi) is 5.68. The van der Waals surface area contributed by atoms with Crippen molar-refractivity contribution >= 4 is 38.3 Å². The number of anilines is 1. The summed E-state index contributed by atoms with van der Waals surface area (Å²) in [5.74, 6) is 0.201. The second-order valence-corrected chi connectivity index (χ2v) is 8.12. The Morgan fingerprint density at radius 3 is 2.39 bits per heavy atom. The van der Waals surface area contributed by atoms with Crippen molar-refractivity contribution in [2.24, 2.45) is 0 Å². The quantitative estimate of drug-likeness (QED) is 0.458. The fraction of sp³-hybridized carbons (Fsp3) is 0.125. The number of carbonyl (C=O) groups excluding carboxylic acids is 1. The SMILES string of the molecule is C=C(c1ccc(C(=O)Nc2nc3c(OC)ncc(-c4ccccc4)c3s2)cc1)N(C)C. The number of fused-ring (bicyclic) bond motifs is 1. The number of methoxy groups -OCH3 is 1. The molecule has 6 nitrogen and oxygen atoms in total. The average Bonchev–Trinajstić information content (AvgIpc) is 3.22. The second kappa shape index (κ2) is 8.57. The van der Waals surface area contributed by atoms with Crippen LogP contribution in [0.4, 0.5) is 5.13 Å². The summed E-state index contributed by atoms with van der Waals surface area (Å²) in [4.78, 5) is 23.7. The minimum absolute atomic E-state index is 0.228. The molecule has 0 bridgehead atoms. The van der Waals surface area contributed by atoms with E-state index in [9.17, 15) is 4.79 Å². The number of pyridine rings is 1. The predicted molar refractivity (Wildman–Crippen MR) is 127 cm³/mol. The molecule has 0 aliphatic carbocycles. The smallest absolute Gasteiger partial charge is 0.257 e. The largest absolute Gasteiger partial charge is 0.479 e. The number of rotatable bonds is 6. The zero-order valence-electron chi connectivity index (χ0n) is 17.5. The number of nitrogens with zero attached hydrogens (tertiary/aromatic N) is 3. The van der Waals surface area contributed by atoms with Gasteiger partial charge in [0.05, 0.1) is 11.8 Å². The summed E-state index contributed by atoms with van der Waals surface area (Å²) in [5, 5.41) is 3.39. The van der Waals surface area contributed by atoms with Gasteiger partial charge >= 0.3 is 0 Å². The van der Waals surface area contributed by atoms with Crippen LogP contribution >= 0.6 is 11.3 Å². The number of nitrogens with one attached hydrogen (secondary N) is 1. The van der Waals surface area contributed by atoms with Gasteiger partial charge in [0.25, 0.3) is 5.91 Å². The van der Waals surface area contributed by atoms with Crippen molar-refractivity contribution in [3.63, 3.8) is 0 Å². The molecule has 2 heterocycles. The zero-order chi connectivity index (χ0) is 22.0. The Morgan fingerprint density at radius 2 is 1.74 bits per heavy atom. The number of hydrogen-bond acceptors (Lipinski definition) is 6. The first kappa shape index (κ1) is 20.6. The number of benzene rings is 2. The summed E-state index contributed by atoms with van der Waals surface area (Å²) in [6, 6.07) is 17.3. The highest BCUT2D eigenvalue weighted by Gasteiger charge is 2.17. The fourth-order valence-electron chi connectivity index (χ4n) is 3.16. The van der Waals surface area contributed by atoms with Gasteiger partial charge in [-0.3, -0.25) is 10.1 Å². The van der Waals surface area contributed by atoms with E-state index in [4.69, 9.17) is 4.74 Å². The summed E-state index contributed by atoms with van der Waals surface area (Å²) < 4.78 is 6.29. The molecule has 1 amide bonds. The van der Waals surface area contributed by atoms with E-state index >= 15 is 0 Å². The van der Waals surface area contributed by atoms with Crippen LogP contribution in [0.2, 0.25) is 0 Å². The van der Waals surface area contributed by atoms with Gasteiger partial charge in [0.15, 0.2) is 5.13 Å². The molecule has 0 saturated heterocycles. The molecule has 0 saturated carbocycles. The predicted octanol–water partition coefficient (Wildman–Crippen LogP) is 5.15. The van der Waals surface area contributed by atoms with Gasteiger partial charge in [-0.15, -0.1) is 0 Å². The van der Waals surface area contributed by atoms with Crippen molar-refractivity contribution in [3.05, 3.63) is 78.5 Å². The highest BCUT2D eigenvalue weighted by molar-refractivity contribution is 7.23. The lowest BCUT2D eigenvalue weighted by atomic mass is 10.1. The Balaban J connectivity index is 1.64. The molecular weight excluding hydrogens is 408 g/mol. The number of carbonyl (C=O) groups is 1. The van der Waals surface area contributed by atoms with E-state index in [1.165, 1.54) is 11.3 Å². The standard InChI is InChI=1S/C24H22N4O2S/c1-15(28(2)3)16-10-12-18(13-11-16)22(29)27-24-26-20-21(31-24)19(14-25-23(20)30-4)17-8-6-5-7-9-17/h5-14H,1H2,2-4H3,(H,26,27,29). The molecule has 156 valence electrons. The van der Waals surface area contributed by atoms with E-state index in [2.05, 4.69) is 21.9 Å². The third-order valence-electron chi connectivity index (χ3n) is 4.90. The van der Waals surface area contributed by atoms with E-state index in [1.54, 1.807) is 25.4 Å². The van der Waals surface area contributed by atoms with Crippen molar-refractivity contribution in [1.82, 2.24) is 14.9 Å². The first-order valence-electron chi connectivity index (χ1n) is 9.65. The van der Waals surface area contributed by atoms with Crippen LogP contribution in [-0.4, -0.2) is 42.0 Å². The number of hydrogen-bond donors (Lipinski definition) is 1. The molecule has 4 rings (SSSR count). The molecule has 0 atom stereocenters. The third kappa shape index (κ3) is 4.13. The zero-order valence-corrected chi connectivity index (χ0v) is 18.4. The lowest BCUT2D eigenvalue weighted by Crippen LogP contribution is -2.12. The van der Waals surface area contributed by atoms with Crippen LogP contribution in [0.5, 0.6) is 5.88 Å². The van der Waals surface area contributed by atoms with Crippen LogP contribution < -0.4 is 10.1 Å². The summed E-state index contributed by atoms with van der Waals surface area (Å²) >= 11 is 1.40. The van der Waals surface area contributed by atoms with Gasteiger partial charge in [-0.1, -0.05) is 60.4 Å². The fourth-order valence-corrected chi connectivity index (χ4v) is 4.14. The van der Waals surface area contributed by atoms with Crippen LogP contribution in [0.1, 0.15) is 15.9 Å². The Bertz CT molecular complexity index is 1250. The van der Waals surface area contributed by atoms with Crippen molar-refractivity contribution in [1.29, 1.82) is 0 Å². The van der Waals surface area contributed by atoms with E-state index in [0.29, 0.717) is 22.1 Å². The number of ether oxygens (including phenoxy) is 1. The van der Waals surface area contributed by atoms with Crippen LogP contribution in [0.3, 0.4) is 0 Å². The molecule has 2 aromatic heterocycles. The highest BCUT2D eigenvalue weighted by atomic mass is 32.1. The molecular formula is C24H22N4O2S. The molecule has 0 unspecified atom stereocenters. The topological polar surface area (TPSA) is 67.3 Å². The maximum atomic E-state index is 12.8. The minimum atomic E-state index is -0.228. The van der Waals surface area contributed by atoms with Gasteiger partial charge in [-0.25, -0.2) is 9.97 Å². The second-order valence-electron chi connectivity index (χ2n) is 7.12. The molecule has 0 aliphatic rings. The first-order chi connectivity index (χ1) is 15.0. The Morgan fingerprint density at radius 1 is 1.06 bits per heavy atom. The molecule has 2 aromatic carbocycles. The summed E-state index contributed by atoms with van der Waals surface area (Å²) in [5.41, 5.74) is 4.99. The molecule has 31 heavy (non-hydrogen) atoms. The van der Waals surface area contributed by atoms with Gasteiger partial charge in [0.2, 0.25) is 5.88 Å². The lowest BCUT2D eigenvalue weighted by Gasteiger charge is -2.15. The number of aromatic nitrogens is 2. The van der Waals surface area contributed by atoms with Gasteiger partial charge in [0.1, 0.15) is 5.52 Å². The maximum absolute atomic E-state index is 12.8. The molecule has 0 radical (unpaired) electrons. The summed E-state index contributed by atoms with van der Waals surface area (Å²) in [6.07, 6.45) is 1.77. The van der Waals surface area contributed by atoms with Crippen molar-refractivity contribution in [3.8, 4) is 17.0 Å². The number of thiazole rings is 1. The van der Waals surface area contributed by atoms with E-state index in [0.717, 1.165) is 27.1 Å². The normalized spacial score (nSPS) is 10.7. The Hall–Kier alpha value is -3.71. The first-order valence-corrected chi connectivity index (χ1v) is 10.5. The van der Waals surface area contributed by atoms with Gasteiger partial charge in [0, 0.05) is 37.1 Å². The molecule has 0 spiro atoms. The molecule has 7 heteroatoms.